The maximum atomic E-state index is 13.3. The van der Waals surface area contributed by atoms with Crippen molar-refractivity contribution in [1.29, 1.82) is 0 Å². The highest BCUT2D eigenvalue weighted by Crippen LogP contribution is 2.22. The van der Waals surface area contributed by atoms with Crippen LogP contribution in [0.15, 0.2) is 48.5 Å². The van der Waals surface area contributed by atoms with E-state index in [4.69, 9.17) is 11.6 Å². The molecule has 6 nitrogen and oxygen atoms in total. The molecule has 1 aliphatic heterocycles. The first-order valence-electron chi connectivity index (χ1n) is 9.86. The van der Waals surface area contributed by atoms with Gasteiger partial charge >= 0.3 is 0 Å². The molecule has 1 saturated heterocycles. The number of hydrogen-bond donors (Lipinski definition) is 2. The third-order valence-electron chi connectivity index (χ3n) is 5.14. The zero-order valence-electron chi connectivity index (χ0n) is 16.6. The van der Waals surface area contributed by atoms with Gasteiger partial charge in [0.2, 0.25) is 11.8 Å². The Kier molecular flexibility index (Phi) is 7.79. The molecule has 0 aliphatic carbocycles. The van der Waals surface area contributed by atoms with Crippen LogP contribution in [0.3, 0.4) is 0 Å². The molecule has 1 unspecified atom stereocenters. The third kappa shape index (κ3) is 5.78. The maximum absolute atomic E-state index is 13.3. The Hall–Kier alpha value is -2.48. The summed E-state index contributed by atoms with van der Waals surface area (Å²) in [6.07, 6.45) is -0.0164. The quantitative estimate of drug-likeness (QED) is 0.669. The van der Waals surface area contributed by atoms with Crippen molar-refractivity contribution in [2.75, 3.05) is 26.2 Å². The average molecular weight is 434 g/mol. The fourth-order valence-corrected chi connectivity index (χ4v) is 3.78. The maximum Gasteiger partial charge on any atom is 0.237 e. The third-order valence-corrected chi connectivity index (χ3v) is 5.49. The van der Waals surface area contributed by atoms with Crippen LogP contribution in [0, 0.1) is 5.82 Å². The summed E-state index contributed by atoms with van der Waals surface area (Å²) in [5, 5.41) is 12.5. The number of aliphatic hydroxyl groups excluding tert-OH is 1. The number of benzene rings is 2. The minimum absolute atomic E-state index is 0.0164. The van der Waals surface area contributed by atoms with Crippen LogP contribution in [0.1, 0.15) is 17.5 Å². The smallest absolute Gasteiger partial charge is 0.237 e. The van der Waals surface area contributed by atoms with Crippen molar-refractivity contribution in [2.45, 2.75) is 25.6 Å². The molecule has 2 aromatic carbocycles. The minimum atomic E-state index is -0.663. The molecule has 2 amide bonds. The van der Waals surface area contributed by atoms with E-state index in [1.165, 1.54) is 12.1 Å². The van der Waals surface area contributed by atoms with E-state index in [0.717, 1.165) is 5.56 Å². The van der Waals surface area contributed by atoms with Crippen LogP contribution in [-0.4, -0.2) is 59.0 Å². The van der Waals surface area contributed by atoms with Gasteiger partial charge in [-0.05, 0) is 23.3 Å². The van der Waals surface area contributed by atoms with E-state index in [-0.39, 0.29) is 36.4 Å². The van der Waals surface area contributed by atoms with Crippen molar-refractivity contribution in [3.8, 4) is 0 Å². The second-order valence-electron chi connectivity index (χ2n) is 7.24. The minimum Gasteiger partial charge on any atom is -0.395 e. The largest absolute Gasteiger partial charge is 0.395 e. The van der Waals surface area contributed by atoms with Crippen LogP contribution < -0.4 is 5.32 Å². The number of piperazine rings is 1. The van der Waals surface area contributed by atoms with Crippen molar-refractivity contribution in [3.05, 3.63) is 70.5 Å². The number of nitrogens with one attached hydrogen (secondary N) is 1. The highest BCUT2D eigenvalue weighted by atomic mass is 35.5. The molecule has 0 spiro atoms. The molecule has 1 heterocycles. The van der Waals surface area contributed by atoms with Crippen molar-refractivity contribution in [1.82, 2.24) is 15.1 Å². The van der Waals surface area contributed by atoms with Crippen LogP contribution in [0.25, 0.3) is 0 Å². The lowest BCUT2D eigenvalue weighted by Crippen LogP contribution is -2.56. The van der Waals surface area contributed by atoms with Gasteiger partial charge in [0, 0.05) is 37.7 Å². The summed E-state index contributed by atoms with van der Waals surface area (Å²) < 4.78 is 13.3. The number of aliphatic hydroxyl groups is 1. The molecular formula is C22H25ClFN3O3. The summed E-state index contributed by atoms with van der Waals surface area (Å²) in [4.78, 5) is 29.0. The zero-order valence-corrected chi connectivity index (χ0v) is 17.3. The fraction of sp³-hybridized carbons (Fsp3) is 0.364. The predicted molar refractivity (Wildman–Crippen MR) is 112 cm³/mol. The van der Waals surface area contributed by atoms with E-state index in [1.807, 2.05) is 35.2 Å². The lowest BCUT2D eigenvalue weighted by Gasteiger charge is -2.36. The van der Waals surface area contributed by atoms with Crippen LogP contribution >= 0.6 is 11.6 Å². The Labute approximate surface area is 180 Å². The lowest BCUT2D eigenvalue weighted by molar-refractivity contribution is -0.139. The molecule has 8 heteroatoms. The van der Waals surface area contributed by atoms with Crippen LogP contribution in [0.4, 0.5) is 4.39 Å². The number of nitrogens with zero attached hydrogens (tertiary/aromatic N) is 2. The zero-order chi connectivity index (χ0) is 21.5. The van der Waals surface area contributed by atoms with E-state index >= 15 is 0 Å². The SMILES string of the molecule is O=C1NCCN(Cc2ccc(F)cc2Cl)C1CC(=O)N(CCO)Cc1ccccc1. The van der Waals surface area contributed by atoms with Gasteiger partial charge in [-0.15, -0.1) is 0 Å². The van der Waals surface area contributed by atoms with E-state index in [1.54, 1.807) is 11.0 Å². The first kappa shape index (κ1) is 22.2. The van der Waals surface area contributed by atoms with Gasteiger partial charge in [0.25, 0.3) is 0 Å². The summed E-state index contributed by atoms with van der Waals surface area (Å²) in [7, 11) is 0. The summed E-state index contributed by atoms with van der Waals surface area (Å²) in [5.74, 6) is -0.867. The molecule has 1 atom stereocenters. The monoisotopic (exact) mass is 433 g/mol. The first-order chi connectivity index (χ1) is 14.5. The lowest BCUT2D eigenvalue weighted by atomic mass is 10.1. The van der Waals surface area contributed by atoms with E-state index in [2.05, 4.69) is 5.32 Å². The highest BCUT2D eigenvalue weighted by molar-refractivity contribution is 6.31. The molecule has 0 radical (unpaired) electrons. The number of halogens is 2. The van der Waals surface area contributed by atoms with E-state index < -0.39 is 11.9 Å². The second-order valence-corrected chi connectivity index (χ2v) is 7.65. The molecule has 0 aromatic heterocycles. The summed E-state index contributed by atoms with van der Waals surface area (Å²) in [5.41, 5.74) is 1.64. The predicted octanol–water partition coefficient (Wildman–Crippen LogP) is 2.19. The average Bonchev–Trinajstić information content (AvgIpc) is 2.73. The van der Waals surface area contributed by atoms with Crippen molar-refractivity contribution < 1.29 is 19.1 Å². The number of rotatable bonds is 8. The van der Waals surface area contributed by atoms with E-state index in [9.17, 15) is 19.1 Å². The van der Waals surface area contributed by atoms with Gasteiger partial charge in [0.05, 0.1) is 19.1 Å². The van der Waals surface area contributed by atoms with Gasteiger partial charge in [-0.3, -0.25) is 14.5 Å². The van der Waals surface area contributed by atoms with Crippen molar-refractivity contribution >= 4 is 23.4 Å². The Balaban J connectivity index is 1.72. The molecule has 0 saturated carbocycles. The van der Waals surface area contributed by atoms with Gasteiger partial charge in [0.15, 0.2) is 0 Å². The Morgan fingerprint density at radius 3 is 2.73 bits per heavy atom. The summed E-state index contributed by atoms with van der Waals surface area (Å²) in [6, 6.07) is 13.0. The van der Waals surface area contributed by atoms with Crippen LogP contribution in [0.5, 0.6) is 0 Å². The van der Waals surface area contributed by atoms with Crippen molar-refractivity contribution in [3.63, 3.8) is 0 Å². The molecule has 2 N–H and O–H groups in total. The molecule has 1 aliphatic rings. The van der Waals surface area contributed by atoms with Gasteiger partial charge in [-0.2, -0.15) is 0 Å². The number of hydrogen-bond acceptors (Lipinski definition) is 4. The Morgan fingerprint density at radius 2 is 2.03 bits per heavy atom. The first-order valence-corrected chi connectivity index (χ1v) is 10.2. The second kappa shape index (κ2) is 10.5. The standard InChI is InChI=1S/C22H25ClFN3O3/c23-19-12-18(24)7-6-17(19)15-26-9-8-25-22(30)20(26)13-21(29)27(10-11-28)14-16-4-2-1-3-5-16/h1-7,12,20,28H,8-11,13-15H2,(H,25,30). The fourth-order valence-electron chi connectivity index (χ4n) is 3.55. The van der Waals surface area contributed by atoms with Gasteiger partial charge in [-0.1, -0.05) is 48.0 Å². The molecule has 30 heavy (non-hydrogen) atoms. The number of amides is 2. The van der Waals surface area contributed by atoms with Gasteiger partial charge in [-0.25, -0.2) is 4.39 Å². The molecule has 0 bridgehead atoms. The summed E-state index contributed by atoms with van der Waals surface area (Å²) >= 11 is 6.15. The number of carbonyl (C=O) groups is 2. The summed E-state index contributed by atoms with van der Waals surface area (Å²) in [6.45, 7) is 1.74. The topological polar surface area (TPSA) is 72.9 Å². The Morgan fingerprint density at radius 1 is 1.27 bits per heavy atom. The molecule has 1 fully saturated rings. The highest BCUT2D eigenvalue weighted by Gasteiger charge is 2.33. The number of carbonyl (C=O) groups excluding carboxylic acids is 2. The molecule has 160 valence electrons. The molecule has 2 aromatic rings. The van der Waals surface area contributed by atoms with Crippen LogP contribution in [-0.2, 0) is 22.7 Å². The Bertz CT molecular complexity index is 881. The van der Waals surface area contributed by atoms with E-state index in [0.29, 0.717) is 31.7 Å². The van der Waals surface area contributed by atoms with Crippen molar-refractivity contribution in [2.24, 2.45) is 0 Å². The molecular weight excluding hydrogens is 409 g/mol. The normalized spacial score (nSPS) is 16.9. The van der Waals surface area contributed by atoms with Gasteiger partial charge in [0.1, 0.15) is 5.82 Å². The van der Waals surface area contributed by atoms with Gasteiger partial charge < -0.3 is 15.3 Å². The van der Waals surface area contributed by atoms with Crippen LogP contribution in [0.2, 0.25) is 5.02 Å². The molecule has 3 rings (SSSR count).